The van der Waals surface area contributed by atoms with Crippen molar-refractivity contribution in [2.75, 3.05) is 6.61 Å². The summed E-state index contributed by atoms with van der Waals surface area (Å²) in [5.74, 6) is -1.12. The number of rotatable bonds is 8. The van der Waals surface area contributed by atoms with Crippen molar-refractivity contribution in [3.63, 3.8) is 0 Å². The molecule has 0 saturated heterocycles. The van der Waals surface area contributed by atoms with Crippen molar-refractivity contribution in [3.8, 4) is 0 Å². The molecule has 1 aromatic heterocycles. The Morgan fingerprint density at radius 3 is 2.79 bits per heavy atom. The molecular formula is C13H19NO5. The van der Waals surface area contributed by atoms with Crippen LogP contribution in [0.25, 0.3) is 0 Å². The number of furan rings is 1. The van der Waals surface area contributed by atoms with Crippen LogP contribution >= 0.6 is 0 Å². The smallest absolute Gasteiger partial charge is 0.371 e. The Labute approximate surface area is 111 Å². The van der Waals surface area contributed by atoms with Gasteiger partial charge in [-0.3, -0.25) is 4.79 Å². The van der Waals surface area contributed by atoms with Crippen LogP contribution in [-0.2, 0) is 16.1 Å². The van der Waals surface area contributed by atoms with E-state index in [1.807, 2.05) is 6.92 Å². The molecular weight excluding hydrogens is 250 g/mol. The van der Waals surface area contributed by atoms with Crippen molar-refractivity contribution < 1.29 is 23.8 Å². The average molecular weight is 269 g/mol. The third kappa shape index (κ3) is 5.13. The molecule has 0 saturated carbocycles. The van der Waals surface area contributed by atoms with Crippen molar-refractivity contribution in [2.24, 2.45) is 0 Å². The summed E-state index contributed by atoms with van der Waals surface area (Å²) in [5, 5.41) is 11.3. The van der Waals surface area contributed by atoms with Crippen LogP contribution in [0.4, 0.5) is 0 Å². The van der Waals surface area contributed by atoms with Crippen LogP contribution in [0.5, 0.6) is 0 Å². The summed E-state index contributed by atoms with van der Waals surface area (Å²) in [6.45, 7) is 4.42. The lowest BCUT2D eigenvalue weighted by molar-refractivity contribution is -0.132. The van der Waals surface area contributed by atoms with Gasteiger partial charge in [0.05, 0.1) is 6.54 Å². The molecule has 0 aliphatic carbocycles. The van der Waals surface area contributed by atoms with Crippen LogP contribution in [-0.4, -0.2) is 29.7 Å². The first-order valence-electron chi connectivity index (χ1n) is 6.26. The number of carbonyl (C=O) groups excluding carboxylic acids is 1. The normalized spacial score (nSPS) is 12.1. The number of ether oxygens (including phenoxy) is 1. The molecule has 0 aliphatic heterocycles. The number of carboxylic acids is 1. The lowest BCUT2D eigenvalue weighted by atomic mass is 10.3. The Hall–Kier alpha value is -1.82. The standard InChI is InChI=1S/C13H19NO5/c1-3-4-7-18-9(2)12(15)14-8-10-5-6-11(19-10)13(16)17/h5-6,9H,3-4,7-8H2,1-2H3,(H,14,15)(H,16,17). The van der Waals surface area contributed by atoms with E-state index in [4.69, 9.17) is 14.3 Å². The fraction of sp³-hybridized carbons (Fsp3) is 0.538. The van der Waals surface area contributed by atoms with Crippen LogP contribution in [0, 0.1) is 0 Å². The monoisotopic (exact) mass is 269 g/mol. The topological polar surface area (TPSA) is 88.8 Å². The highest BCUT2D eigenvalue weighted by molar-refractivity contribution is 5.84. The van der Waals surface area contributed by atoms with Crippen LogP contribution in [0.3, 0.4) is 0 Å². The largest absolute Gasteiger partial charge is 0.475 e. The number of amides is 1. The molecule has 0 aromatic carbocycles. The van der Waals surface area contributed by atoms with Crippen molar-refractivity contribution in [1.29, 1.82) is 0 Å². The molecule has 0 bridgehead atoms. The van der Waals surface area contributed by atoms with Gasteiger partial charge in [-0.05, 0) is 25.5 Å². The predicted octanol–water partition coefficient (Wildman–Crippen LogP) is 1.80. The minimum atomic E-state index is -1.13. The second-order valence-corrected chi connectivity index (χ2v) is 4.16. The number of carbonyl (C=O) groups is 2. The summed E-state index contributed by atoms with van der Waals surface area (Å²) in [6.07, 6.45) is 1.40. The molecule has 1 rings (SSSR count). The lowest BCUT2D eigenvalue weighted by Gasteiger charge is -2.12. The van der Waals surface area contributed by atoms with Crippen molar-refractivity contribution >= 4 is 11.9 Å². The molecule has 106 valence electrons. The van der Waals surface area contributed by atoms with Crippen molar-refractivity contribution in [1.82, 2.24) is 5.32 Å². The van der Waals surface area contributed by atoms with Gasteiger partial charge in [0.25, 0.3) is 0 Å². The second-order valence-electron chi connectivity index (χ2n) is 4.16. The molecule has 0 radical (unpaired) electrons. The van der Waals surface area contributed by atoms with Gasteiger partial charge in [-0.2, -0.15) is 0 Å². The maximum Gasteiger partial charge on any atom is 0.371 e. The van der Waals surface area contributed by atoms with E-state index in [1.54, 1.807) is 6.92 Å². The zero-order valence-corrected chi connectivity index (χ0v) is 11.1. The van der Waals surface area contributed by atoms with Gasteiger partial charge in [-0.15, -0.1) is 0 Å². The maximum atomic E-state index is 11.7. The minimum Gasteiger partial charge on any atom is -0.475 e. The number of carboxylic acid groups (broad SMARTS) is 1. The van der Waals surface area contributed by atoms with Gasteiger partial charge >= 0.3 is 5.97 Å². The summed E-state index contributed by atoms with van der Waals surface area (Å²) >= 11 is 0. The summed E-state index contributed by atoms with van der Waals surface area (Å²) in [5.41, 5.74) is 0. The van der Waals surface area contributed by atoms with Gasteiger partial charge in [-0.25, -0.2) is 4.79 Å². The van der Waals surface area contributed by atoms with E-state index in [-0.39, 0.29) is 18.2 Å². The summed E-state index contributed by atoms with van der Waals surface area (Å²) in [6, 6.07) is 2.87. The molecule has 6 nitrogen and oxygen atoms in total. The number of nitrogens with one attached hydrogen (secondary N) is 1. The van der Waals surface area contributed by atoms with Gasteiger partial charge in [0.1, 0.15) is 11.9 Å². The van der Waals surface area contributed by atoms with Gasteiger partial charge in [-0.1, -0.05) is 13.3 Å². The zero-order valence-electron chi connectivity index (χ0n) is 11.1. The van der Waals surface area contributed by atoms with Gasteiger partial charge in [0, 0.05) is 6.61 Å². The zero-order chi connectivity index (χ0) is 14.3. The molecule has 6 heteroatoms. The number of unbranched alkanes of at least 4 members (excludes halogenated alkanes) is 1. The average Bonchev–Trinajstić information content (AvgIpc) is 2.85. The quantitative estimate of drug-likeness (QED) is 0.702. The molecule has 2 N–H and O–H groups in total. The first-order valence-corrected chi connectivity index (χ1v) is 6.26. The third-order valence-corrected chi connectivity index (χ3v) is 2.54. The SMILES string of the molecule is CCCCOC(C)C(=O)NCc1ccc(C(=O)O)o1. The highest BCUT2D eigenvalue weighted by Gasteiger charge is 2.14. The van der Waals surface area contributed by atoms with E-state index >= 15 is 0 Å². The van der Waals surface area contributed by atoms with E-state index in [9.17, 15) is 9.59 Å². The van der Waals surface area contributed by atoms with E-state index in [0.717, 1.165) is 12.8 Å². The Bertz CT molecular complexity index is 426. The molecule has 1 amide bonds. The molecule has 1 aromatic rings. The maximum absolute atomic E-state index is 11.7. The van der Waals surface area contributed by atoms with Gasteiger partial charge < -0.3 is 19.6 Å². The predicted molar refractivity (Wildman–Crippen MR) is 67.8 cm³/mol. The Kier molecular flexibility index (Phi) is 6.08. The van der Waals surface area contributed by atoms with Crippen LogP contribution in [0.1, 0.15) is 43.0 Å². The number of hydrogen-bond acceptors (Lipinski definition) is 4. The summed E-state index contributed by atoms with van der Waals surface area (Å²) in [7, 11) is 0. The van der Waals surface area contributed by atoms with E-state index < -0.39 is 12.1 Å². The number of aromatic carboxylic acids is 1. The minimum absolute atomic E-state index is 0.142. The first-order chi connectivity index (χ1) is 9.04. The van der Waals surface area contributed by atoms with E-state index in [1.165, 1.54) is 12.1 Å². The van der Waals surface area contributed by atoms with Gasteiger partial charge in [0.15, 0.2) is 0 Å². The van der Waals surface area contributed by atoms with Crippen molar-refractivity contribution in [2.45, 2.75) is 39.3 Å². The molecule has 0 aliphatic rings. The molecule has 19 heavy (non-hydrogen) atoms. The molecule has 1 unspecified atom stereocenters. The number of hydrogen-bond donors (Lipinski definition) is 2. The van der Waals surface area contributed by atoms with Crippen LogP contribution < -0.4 is 5.32 Å². The summed E-state index contributed by atoms with van der Waals surface area (Å²) < 4.78 is 10.4. The van der Waals surface area contributed by atoms with E-state index in [2.05, 4.69) is 5.32 Å². The lowest BCUT2D eigenvalue weighted by Crippen LogP contribution is -2.34. The molecule has 0 fully saturated rings. The highest BCUT2D eigenvalue weighted by atomic mass is 16.5. The third-order valence-electron chi connectivity index (χ3n) is 2.54. The highest BCUT2D eigenvalue weighted by Crippen LogP contribution is 2.07. The van der Waals surface area contributed by atoms with Gasteiger partial charge in [0.2, 0.25) is 11.7 Å². The van der Waals surface area contributed by atoms with Crippen LogP contribution in [0.15, 0.2) is 16.5 Å². The van der Waals surface area contributed by atoms with Crippen molar-refractivity contribution in [3.05, 3.63) is 23.7 Å². The molecule has 1 atom stereocenters. The van der Waals surface area contributed by atoms with E-state index in [0.29, 0.717) is 12.4 Å². The first kappa shape index (κ1) is 15.2. The Balaban J connectivity index is 2.34. The Morgan fingerprint density at radius 1 is 1.47 bits per heavy atom. The summed E-state index contributed by atoms with van der Waals surface area (Å²) in [4.78, 5) is 22.3. The Morgan fingerprint density at radius 2 is 2.21 bits per heavy atom. The second kappa shape index (κ2) is 7.58. The molecule has 0 spiro atoms. The van der Waals surface area contributed by atoms with Crippen LogP contribution in [0.2, 0.25) is 0 Å². The fourth-order valence-electron chi connectivity index (χ4n) is 1.39. The molecule has 1 heterocycles. The fourth-order valence-corrected chi connectivity index (χ4v) is 1.39.